The molecular weight excluding hydrogens is 356 g/mol. The highest BCUT2D eigenvalue weighted by molar-refractivity contribution is 5.92. The fourth-order valence-electron chi connectivity index (χ4n) is 2.07. The molecule has 26 heavy (non-hydrogen) atoms. The molecule has 2 N–H and O–H groups in total. The molecule has 0 bridgehead atoms. The van der Waals surface area contributed by atoms with Gasteiger partial charge in [0, 0.05) is 12.1 Å². The number of aromatic hydroxyl groups is 1. The summed E-state index contributed by atoms with van der Waals surface area (Å²) in [5.41, 5.74) is -1.72. The first-order valence-corrected chi connectivity index (χ1v) is 6.75. The van der Waals surface area contributed by atoms with Gasteiger partial charge in [0.15, 0.2) is 0 Å². The van der Waals surface area contributed by atoms with E-state index in [4.69, 9.17) is 0 Å². The summed E-state index contributed by atoms with van der Waals surface area (Å²) in [5.74, 6) is -2.33. The first-order valence-electron chi connectivity index (χ1n) is 6.75. The fourth-order valence-corrected chi connectivity index (χ4v) is 2.07. The predicted molar refractivity (Wildman–Crippen MR) is 83.7 cm³/mol. The Morgan fingerprint density at radius 1 is 1.19 bits per heavy atom. The number of nitrogens with zero attached hydrogens (tertiary/aromatic N) is 5. The van der Waals surface area contributed by atoms with Crippen molar-refractivity contribution in [1.29, 1.82) is 0 Å². The average Bonchev–Trinajstić information content (AvgIpc) is 2.86. The van der Waals surface area contributed by atoms with E-state index >= 15 is 0 Å². The van der Waals surface area contributed by atoms with Crippen LogP contribution in [0.4, 0.5) is 22.9 Å². The minimum absolute atomic E-state index is 0.222. The van der Waals surface area contributed by atoms with E-state index in [1.165, 1.54) is 6.92 Å². The van der Waals surface area contributed by atoms with Gasteiger partial charge in [-0.1, -0.05) is 0 Å². The molecule has 0 spiro atoms. The summed E-state index contributed by atoms with van der Waals surface area (Å²) in [4.78, 5) is 41.8. The second-order valence-electron chi connectivity index (χ2n) is 4.94. The maximum atomic E-state index is 12.0. The third-order valence-corrected chi connectivity index (χ3v) is 3.27. The molecule has 1 heterocycles. The number of nitrogens with one attached hydrogen (secondary N) is 1. The van der Waals surface area contributed by atoms with Gasteiger partial charge in [-0.3, -0.25) is 25.0 Å². The lowest BCUT2D eigenvalue weighted by Crippen LogP contribution is -2.20. The van der Waals surface area contributed by atoms with E-state index in [1.807, 2.05) is 0 Å². The highest BCUT2D eigenvalue weighted by atomic mass is 16.6. The Labute approximate surface area is 143 Å². The molecule has 0 radical (unpaired) electrons. The number of phenolic OH excluding ortho intramolecular Hbond substituents is 1. The molecule has 0 aliphatic carbocycles. The smallest absolute Gasteiger partial charge is 0.468 e. The molecule has 14 nitrogen and oxygen atoms in total. The van der Waals surface area contributed by atoms with Crippen molar-refractivity contribution in [3.8, 4) is 5.75 Å². The molecule has 0 aliphatic rings. The zero-order valence-corrected chi connectivity index (χ0v) is 13.0. The van der Waals surface area contributed by atoms with Crippen LogP contribution in [0.5, 0.6) is 5.75 Å². The number of phenols is 1. The maximum absolute atomic E-state index is 12.0. The van der Waals surface area contributed by atoms with Crippen molar-refractivity contribution in [3.63, 3.8) is 0 Å². The standard InChI is InChI=1S/C12H10N6O8/c1-6-11(17(23)24)12(18(25)26)14-15(6)5-10(20)13-8-4-7(16(21)22)2-3-9(8)19/h2-4,19H,5H2,1H3,(H,13,20). The molecular formula is C12H10N6O8. The number of carbonyl (C=O) groups is 1. The summed E-state index contributed by atoms with van der Waals surface area (Å²) in [5, 5.41) is 47.7. The van der Waals surface area contributed by atoms with Gasteiger partial charge in [-0.25, -0.2) is 0 Å². The van der Waals surface area contributed by atoms with Crippen molar-refractivity contribution >= 4 is 28.8 Å². The zero-order chi connectivity index (χ0) is 19.6. The molecule has 0 saturated carbocycles. The lowest BCUT2D eigenvalue weighted by Gasteiger charge is -2.06. The quantitative estimate of drug-likeness (QED) is 0.429. The third kappa shape index (κ3) is 3.53. The highest BCUT2D eigenvalue weighted by Gasteiger charge is 2.35. The first-order chi connectivity index (χ1) is 12.1. The van der Waals surface area contributed by atoms with E-state index in [1.54, 1.807) is 0 Å². The topological polar surface area (TPSA) is 197 Å². The Morgan fingerprint density at radius 2 is 1.85 bits per heavy atom. The van der Waals surface area contributed by atoms with Gasteiger partial charge in [-0.15, -0.1) is 0 Å². The lowest BCUT2D eigenvalue weighted by molar-refractivity contribution is -0.424. The molecule has 0 atom stereocenters. The van der Waals surface area contributed by atoms with Gasteiger partial charge in [0.2, 0.25) is 5.91 Å². The van der Waals surface area contributed by atoms with Crippen LogP contribution in [0.3, 0.4) is 0 Å². The number of rotatable bonds is 6. The van der Waals surface area contributed by atoms with E-state index < -0.39 is 44.5 Å². The molecule has 1 amide bonds. The summed E-state index contributed by atoms with van der Waals surface area (Å²) < 4.78 is 0.750. The number of aromatic nitrogens is 2. The minimum Gasteiger partial charge on any atom is -0.506 e. The maximum Gasteiger partial charge on any atom is 0.468 e. The zero-order valence-electron chi connectivity index (χ0n) is 13.0. The number of nitro benzene ring substituents is 1. The van der Waals surface area contributed by atoms with Crippen LogP contribution in [0.15, 0.2) is 18.2 Å². The molecule has 2 aromatic rings. The molecule has 0 saturated heterocycles. The number of hydrogen-bond donors (Lipinski definition) is 2. The van der Waals surface area contributed by atoms with E-state index in [-0.39, 0.29) is 17.1 Å². The van der Waals surface area contributed by atoms with Crippen molar-refractivity contribution in [1.82, 2.24) is 9.78 Å². The molecule has 14 heteroatoms. The van der Waals surface area contributed by atoms with Gasteiger partial charge in [-0.2, -0.15) is 4.68 Å². The average molecular weight is 366 g/mol. The van der Waals surface area contributed by atoms with E-state index in [0.717, 1.165) is 22.9 Å². The fraction of sp³-hybridized carbons (Fsp3) is 0.167. The first kappa shape index (κ1) is 18.2. The summed E-state index contributed by atoms with van der Waals surface area (Å²) in [6.45, 7) is 0.527. The lowest BCUT2D eigenvalue weighted by atomic mass is 10.2. The van der Waals surface area contributed by atoms with Gasteiger partial charge in [0.05, 0.1) is 20.6 Å². The van der Waals surface area contributed by atoms with Crippen LogP contribution < -0.4 is 5.32 Å². The minimum atomic E-state index is -1.05. The summed E-state index contributed by atoms with van der Waals surface area (Å²) in [6.07, 6.45) is 0. The Kier molecular flexibility index (Phi) is 4.77. The molecule has 1 aromatic heterocycles. The van der Waals surface area contributed by atoms with Crippen molar-refractivity contribution in [2.45, 2.75) is 13.5 Å². The number of nitro groups is 3. The van der Waals surface area contributed by atoms with Crippen molar-refractivity contribution in [2.24, 2.45) is 0 Å². The van der Waals surface area contributed by atoms with Gasteiger partial charge in [-0.05, 0) is 17.9 Å². The summed E-state index contributed by atoms with van der Waals surface area (Å²) in [7, 11) is 0. The Balaban J connectivity index is 2.28. The van der Waals surface area contributed by atoms with Crippen LogP contribution in [-0.4, -0.2) is 35.6 Å². The third-order valence-electron chi connectivity index (χ3n) is 3.27. The SMILES string of the molecule is Cc1c([N+](=O)[O-])c([N+](=O)[O-])nn1CC(=O)Nc1cc([N+](=O)[O-])ccc1O. The monoisotopic (exact) mass is 366 g/mol. The summed E-state index contributed by atoms with van der Waals surface area (Å²) in [6, 6.07) is 2.94. The van der Waals surface area contributed by atoms with Crippen LogP contribution in [0.1, 0.15) is 5.69 Å². The van der Waals surface area contributed by atoms with E-state index in [9.17, 15) is 40.2 Å². The number of amides is 1. The van der Waals surface area contributed by atoms with Gasteiger partial charge in [0.25, 0.3) is 5.69 Å². The molecule has 136 valence electrons. The van der Waals surface area contributed by atoms with E-state index in [0.29, 0.717) is 0 Å². The molecule has 1 aromatic carbocycles. The van der Waals surface area contributed by atoms with Crippen LogP contribution in [0.25, 0.3) is 0 Å². The van der Waals surface area contributed by atoms with Crippen LogP contribution in [0.2, 0.25) is 0 Å². The largest absolute Gasteiger partial charge is 0.506 e. The number of anilines is 1. The van der Waals surface area contributed by atoms with Gasteiger partial charge >= 0.3 is 11.5 Å². The highest BCUT2D eigenvalue weighted by Crippen LogP contribution is 2.30. The molecule has 0 aliphatic heterocycles. The second-order valence-corrected chi connectivity index (χ2v) is 4.94. The molecule has 0 fully saturated rings. The number of benzene rings is 1. The molecule has 0 unspecified atom stereocenters. The van der Waals surface area contributed by atoms with Gasteiger partial charge < -0.3 is 20.5 Å². The van der Waals surface area contributed by atoms with Gasteiger partial charge in [0.1, 0.15) is 18.0 Å². The van der Waals surface area contributed by atoms with Crippen LogP contribution in [-0.2, 0) is 11.3 Å². The van der Waals surface area contributed by atoms with Crippen molar-refractivity contribution < 1.29 is 24.7 Å². The normalized spacial score (nSPS) is 10.3. The Morgan fingerprint density at radius 3 is 2.35 bits per heavy atom. The second kappa shape index (κ2) is 6.80. The van der Waals surface area contributed by atoms with Crippen molar-refractivity contribution in [2.75, 3.05) is 5.32 Å². The van der Waals surface area contributed by atoms with Crippen LogP contribution >= 0.6 is 0 Å². The summed E-state index contributed by atoms with van der Waals surface area (Å²) >= 11 is 0. The van der Waals surface area contributed by atoms with Crippen LogP contribution in [0, 0.1) is 37.3 Å². The Bertz CT molecular complexity index is 936. The van der Waals surface area contributed by atoms with Crippen molar-refractivity contribution in [3.05, 3.63) is 54.2 Å². The Hall–Kier alpha value is -4.10. The molecule has 2 rings (SSSR count). The van der Waals surface area contributed by atoms with E-state index in [2.05, 4.69) is 10.4 Å². The number of carbonyl (C=O) groups excluding carboxylic acids is 1. The number of non-ortho nitro benzene ring substituents is 1. The number of hydrogen-bond acceptors (Lipinski definition) is 9. The predicted octanol–water partition coefficient (Wildman–Crippen LogP) is 1.26.